The molecule has 0 aromatic heterocycles. The molecule has 0 saturated carbocycles. The molecule has 1 aromatic carbocycles. The molecule has 1 fully saturated rings. The number of carboxylic acid groups (broad SMARTS) is 1. The number of amides is 1. The van der Waals surface area contributed by atoms with E-state index in [1.165, 1.54) is 12.1 Å². The Balaban J connectivity index is 1.92. The second kappa shape index (κ2) is 6.87. The molecule has 120 valence electrons. The molecule has 1 heterocycles. The minimum Gasteiger partial charge on any atom is -0.481 e. The highest BCUT2D eigenvalue weighted by Crippen LogP contribution is 2.21. The number of rotatable bonds is 5. The van der Waals surface area contributed by atoms with E-state index in [1.807, 2.05) is 11.8 Å². The standard InChI is InChI=1S/C16H21FN2O3/c1-11(12-3-5-14(17)6-4-12)18(2)15(20)10-19-8-7-13(9-19)16(21)22/h3-6,11,13H,7-10H2,1-2H3,(H,21,22). The molecule has 0 aliphatic carbocycles. The first kappa shape index (κ1) is 16.4. The minimum atomic E-state index is -0.803. The van der Waals surface area contributed by atoms with Gasteiger partial charge in [0.1, 0.15) is 5.82 Å². The van der Waals surface area contributed by atoms with Crippen LogP contribution in [0.1, 0.15) is 24.9 Å². The van der Waals surface area contributed by atoms with Gasteiger partial charge >= 0.3 is 5.97 Å². The molecule has 22 heavy (non-hydrogen) atoms. The molecular formula is C16H21FN2O3. The van der Waals surface area contributed by atoms with E-state index in [1.54, 1.807) is 24.1 Å². The largest absolute Gasteiger partial charge is 0.481 e. The molecule has 1 aliphatic heterocycles. The highest BCUT2D eigenvalue weighted by atomic mass is 19.1. The molecule has 1 N–H and O–H groups in total. The molecule has 5 nitrogen and oxygen atoms in total. The summed E-state index contributed by atoms with van der Waals surface area (Å²) in [5.74, 6) is -1.56. The van der Waals surface area contributed by atoms with Crippen LogP contribution in [0.15, 0.2) is 24.3 Å². The number of likely N-dealkylation sites (tertiary alicyclic amines) is 1. The van der Waals surface area contributed by atoms with Gasteiger partial charge in [-0.3, -0.25) is 14.5 Å². The first-order chi connectivity index (χ1) is 10.4. The molecule has 2 atom stereocenters. The van der Waals surface area contributed by atoms with Crippen LogP contribution in [0, 0.1) is 11.7 Å². The predicted octanol–water partition coefficient (Wildman–Crippen LogP) is 1.75. The summed E-state index contributed by atoms with van der Waals surface area (Å²) in [5.41, 5.74) is 0.863. The van der Waals surface area contributed by atoms with Crippen LogP contribution in [0.5, 0.6) is 0 Å². The Morgan fingerprint density at radius 2 is 2.05 bits per heavy atom. The molecule has 6 heteroatoms. The van der Waals surface area contributed by atoms with Gasteiger partial charge in [0.25, 0.3) is 0 Å². The number of hydrogen-bond acceptors (Lipinski definition) is 3. The Kier molecular flexibility index (Phi) is 5.13. The second-order valence-corrected chi connectivity index (χ2v) is 5.79. The SMILES string of the molecule is CC(c1ccc(F)cc1)N(C)C(=O)CN1CCC(C(=O)O)C1. The van der Waals surface area contributed by atoms with Crippen molar-refractivity contribution in [1.29, 1.82) is 0 Å². The van der Waals surface area contributed by atoms with E-state index in [9.17, 15) is 14.0 Å². The van der Waals surface area contributed by atoms with Crippen LogP contribution in [0.3, 0.4) is 0 Å². The number of nitrogens with zero attached hydrogens (tertiary/aromatic N) is 2. The van der Waals surface area contributed by atoms with Crippen molar-refractivity contribution in [2.75, 3.05) is 26.7 Å². The molecular weight excluding hydrogens is 287 g/mol. The van der Waals surface area contributed by atoms with Crippen molar-refractivity contribution in [3.05, 3.63) is 35.6 Å². The summed E-state index contributed by atoms with van der Waals surface area (Å²) in [7, 11) is 1.71. The lowest BCUT2D eigenvalue weighted by Gasteiger charge is -2.27. The van der Waals surface area contributed by atoms with Crippen molar-refractivity contribution >= 4 is 11.9 Å². The van der Waals surface area contributed by atoms with Crippen molar-refractivity contribution in [3.8, 4) is 0 Å². The van der Waals surface area contributed by atoms with E-state index in [4.69, 9.17) is 5.11 Å². The molecule has 0 bridgehead atoms. The predicted molar refractivity (Wildman–Crippen MR) is 79.8 cm³/mol. The maximum absolute atomic E-state index is 12.9. The number of likely N-dealkylation sites (N-methyl/N-ethyl adjacent to an activating group) is 1. The molecule has 0 spiro atoms. The summed E-state index contributed by atoms with van der Waals surface area (Å²) in [4.78, 5) is 26.7. The summed E-state index contributed by atoms with van der Waals surface area (Å²) < 4.78 is 12.9. The Hall–Kier alpha value is -1.95. The van der Waals surface area contributed by atoms with Crippen LogP contribution in [-0.2, 0) is 9.59 Å². The Bertz CT molecular complexity index is 547. The molecule has 2 unspecified atom stereocenters. The summed E-state index contributed by atoms with van der Waals surface area (Å²) in [6.07, 6.45) is 0.583. The summed E-state index contributed by atoms with van der Waals surface area (Å²) in [5, 5.41) is 8.98. The average molecular weight is 308 g/mol. The maximum Gasteiger partial charge on any atom is 0.307 e. The van der Waals surface area contributed by atoms with Gasteiger partial charge in [0.15, 0.2) is 0 Å². The second-order valence-electron chi connectivity index (χ2n) is 5.79. The average Bonchev–Trinajstić information content (AvgIpc) is 2.95. The molecule has 1 aliphatic rings. The lowest BCUT2D eigenvalue weighted by Crippen LogP contribution is -2.39. The Labute approximate surface area is 129 Å². The summed E-state index contributed by atoms with van der Waals surface area (Å²) >= 11 is 0. The van der Waals surface area contributed by atoms with Gasteiger partial charge in [0.2, 0.25) is 5.91 Å². The van der Waals surface area contributed by atoms with E-state index in [-0.39, 0.29) is 30.2 Å². The van der Waals surface area contributed by atoms with Crippen LogP contribution in [-0.4, -0.2) is 53.5 Å². The highest BCUT2D eigenvalue weighted by Gasteiger charge is 2.30. The number of carbonyl (C=O) groups excluding carboxylic acids is 1. The smallest absolute Gasteiger partial charge is 0.307 e. The maximum atomic E-state index is 12.9. The van der Waals surface area contributed by atoms with Crippen LogP contribution < -0.4 is 0 Å². The van der Waals surface area contributed by atoms with Gasteiger partial charge in [-0.2, -0.15) is 0 Å². The number of aliphatic carboxylic acids is 1. The fourth-order valence-corrected chi connectivity index (χ4v) is 2.66. The number of carbonyl (C=O) groups is 2. The number of halogens is 1. The van der Waals surface area contributed by atoms with Gasteiger partial charge in [-0.1, -0.05) is 12.1 Å². The van der Waals surface area contributed by atoms with Crippen molar-refractivity contribution in [3.63, 3.8) is 0 Å². The van der Waals surface area contributed by atoms with E-state index >= 15 is 0 Å². The minimum absolute atomic E-state index is 0.0668. The Morgan fingerprint density at radius 1 is 1.41 bits per heavy atom. The molecule has 1 saturated heterocycles. The normalized spacial score (nSPS) is 19.9. The molecule has 0 radical (unpaired) electrons. The number of hydrogen-bond donors (Lipinski definition) is 1. The third kappa shape index (κ3) is 3.82. The lowest BCUT2D eigenvalue weighted by atomic mass is 10.1. The van der Waals surface area contributed by atoms with E-state index < -0.39 is 5.97 Å². The van der Waals surface area contributed by atoms with Crippen LogP contribution in [0.4, 0.5) is 4.39 Å². The van der Waals surface area contributed by atoms with Gasteiger partial charge in [-0.05, 0) is 37.6 Å². The van der Waals surface area contributed by atoms with Crippen LogP contribution in [0.2, 0.25) is 0 Å². The topological polar surface area (TPSA) is 60.9 Å². The zero-order valence-corrected chi connectivity index (χ0v) is 12.8. The monoisotopic (exact) mass is 308 g/mol. The van der Waals surface area contributed by atoms with Crippen LogP contribution >= 0.6 is 0 Å². The fourth-order valence-electron chi connectivity index (χ4n) is 2.66. The zero-order chi connectivity index (χ0) is 16.3. The van der Waals surface area contributed by atoms with Crippen molar-refractivity contribution in [1.82, 2.24) is 9.80 Å². The molecule has 1 aromatic rings. The van der Waals surface area contributed by atoms with Crippen LogP contribution in [0.25, 0.3) is 0 Å². The third-order valence-electron chi connectivity index (χ3n) is 4.31. The first-order valence-corrected chi connectivity index (χ1v) is 7.34. The van der Waals surface area contributed by atoms with Crippen molar-refractivity contribution in [2.24, 2.45) is 5.92 Å². The zero-order valence-electron chi connectivity index (χ0n) is 12.8. The molecule has 2 rings (SSSR count). The van der Waals surface area contributed by atoms with Crippen molar-refractivity contribution < 1.29 is 19.1 Å². The van der Waals surface area contributed by atoms with E-state index in [0.717, 1.165) is 5.56 Å². The van der Waals surface area contributed by atoms with E-state index in [2.05, 4.69) is 0 Å². The first-order valence-electron chi connectivity index (χ1n) is 7.34. The summed E-state index contributed by atoms with van der Waals surface area (Å²) in [6.45, 7) is 3.14. The quantitative estimate of drug-likeness (QED) is 0.900. The third-order valence-corrected chi connectivity index (χ3v) is 4.31. The highest BCUT2D eigenvalue weighted by molar-refractivity contribution is 5.78. The number of benzene rings is 1. The summed E-state index contributed by atoms with van der Waals surface area (Å²) in [6, 6.07) is 5.93. The Morgan fingerprint density at radius 3 is 2.59 bits per heavy atom. The van der Waals surface area contributed by atoms with E-state index in [0.29, 0.717) is 19.5 Å². The molecule has 1 amide bonds. The van der Waals surface area contributed by atoms with Gasteiger partial charge in [0, 0.05) is 13.6 Å². The van der Waals surface area contributed by atoms with Crippen molar-refractivity contribution in [2.45, 2.75) is 19.4 Å². The lowest BCUT2D eigenvalue weighted by molar-refractivity contribution is -0.141. The number of carboxylic acids is 1. The van der Waals surface area contributed by atoms with Gasteiger partial charge in [-0.15, -0.1) is 0 Å². The fraction of sp³-hybridized carbons (Fsp3) is 0.500. The van der Waals surface area contributed by atoms with Gasteiger partial charge in [0.05, 0.1) is 18.5 Å². The van der Waals surface area contributed by atoms with Gasteiger partial charge < -0.3 is 10.0 Å². The van der Waals surface area contributed by atoms with Gasteiger partial charge in [-0.25, -0.2) is 4.39 Å².